The van der Waals surface area contributed by atoms with Gasteiger partial charge in [-0.25, -0.2) is 0 Å². The summed E-state index contributed by atoms with van der Waals surface area (Å²) in [7, 11) is 2.00. The molecule has 2 N–H and O–H groups in total. The number of hydrogen-bond donors (Lipinski definition) is 1. The van der Waals surface area contributed by atoms with E-state index in [0.29, 0.717) is 27.2 Å². The molecule has 2 rings (SSSR count). The number of benzene rings is 1. The second-order valence-electron chi connectivity index (χ2n) is 4.38. The SMILES string of the molecule is COc1cc(N)ccc1S(=O)Cc1c(C)nn(C)c1Cl. The minimum Gasteiger partial charge on any atom is -0.495 e. The third kappa shape index (κ3) is 2.81. The smallest absolute Gasteiger partial charge is 0.137 e. The Morgan fingerprint density at radius 3 is 2.75 bits per heavy atom. The van der Waals surface area contributed by atoms with Gasteiger partial charge in [0.1, 0.15) is 10.9 Å². The van der Waals surface area contributed by atoms with Crippen molar-refractivity contribution < 1.29 is 8.95 Å². The first kappa shape index (κ1) is 14.9. The van der Waals surface area contributed by atoms with Crippen LogP contribution in [0.15, 0.2) is 23.1 Å². The zero-order valence-electron chi connectivity index (χ0n) is 11.5. The normalized spacial score (nSPS) is 12.4. The highest BCUT2D eigenvalue weighted by Gasteiger charge is 2.17. The highest BCUT2D eigenvalue weighted by Crippen LogP contribution is 2.28. The van der Waals surface area contributed by atoms with Crippen LogP contribution in [0, 0.1) is 6.92 Å². The van der Waals surface area contributed by atoms with Crippen LogP contribution in [-0.4, -0.2) is 21.1 Å². The molecule has 0 saturated heterocycles. The molecule has 0 saturated carbocycles. The lowest BCUT2D eigenvalue weighted by Crippen LogP contribution is -2.01. The molecule has 108 valence electrons. The minimum absolute atomic E-state index is 0.290. The molecule has 1 unspecified atom stereocenters. The Kier molecular flexibility index (Phi) is 4.35. The molecule has 1 heterocycles. The Labute approximate surface area is 125 Å². The Morgan fingerprint density at radius 1 is 1.50 bits per heavy atom. The lowest BCUT2D eigenvalue weighted by Gasteiger charge is -2.09. The molecule has 1 atom stereocenters. The molecule has 7 heteroatoms. The van der Waals surface area contributed by atoms with Crippen LogP contribution < -0.4 is 10.5 Å². The fraction of sp³-hybridized carbons (Fsp3) is 0.308. The quantitative estimate of drug-likeness (QED) is 0.879. The average molecular weight is 314 g/mol. The van der Waals surface area contributed by atoms with E-state index < -0.39 is 10.8 Å². The molecule has 0 aliphatic carbocycles. The summed E-state index contributed by atoms with van der Waals surface area (Å²) < 4.78 is 19.3. The first-order chi connectivity index (χ1) is 9.43. The van der Waals surface area contributed by atoms with Crippen LogP contribution >= 0.6 is 11.6 Å². The van der Waals surface area contributed by atoms with E-state index in [4.69, 9.17) is 22.1 Å². The maximum Gasteiger partial charge on any atom is 0.137 e. The van der Waals surface area contributed by atoms with Crippen LogP contribution in [0.1, 0.15) is 11.3 Å². The van der Waals surface area contributed by atoms with Crippen molar-refractivity contribution in [1.82, 2.24) is 9.78 Å². The van der Waals surface area contributed by atoms with E-state index in [1.807, 2.05) is 6.92 Å². The number of nitrogens with zero attached hydrogens (tertiary/aromatic N) is 2. The van der Waals surface area contributed by atoms with E-state index in [1.54, 1.807) is 29.9 Å². The predicted molar refractivity (Wildman–Crippen MR) is 80.5 cm³/mol. The van der Waals surface area contributed by atoms with Crippen LogP contribution in [0.25, 0.3) is 0 Å². The fourth-order valence-electron chi connectivity index (χ4n) is 1.92. The van der Waals surface area contributed by atoms with Gasteiger partial charge in [-0.1, -0.05) is 11.6 Å². The molecular weight excluding hydrogens is 298 g/mol. The van der Waals surface area contributed by atoms with E-state index in [2.05, 4.69) is 5.10 Å². The first-order valence-electron chi connectivity index (χ1n) is 5.94. The van der Waals surface area contributed by atoms with Gasteiger partial charge in [0.05, 0.1) is 34.3 Å². The second kappa shape index (κ2) is 5.85. The number of aryl methyl sites for hydroxylation is 2. The number of methoxy groups -OCH3 is 1. The number of nitrogens with two attached hydrogens (primary N) is 1. The maximum atomic E-state index is 12.5. The summed E-state index contributed by atoms with van der Waals surface area (Å²) in [4.78, 5) is 0.598. The van der Waals surface area contributed by atoms with Gasteiger partial charge >= 0.3 is 0 Å². The zero-order chi connectivity index (χ0) is 14.9. The van der Waals surface area contributed by atoms with Crippen LogP contribution in [0.2, 0.25) is 5.15 Å². The fourth-order valence-corrected chi connectivity index (χ4v) is 3.59. The molecule has 0 aliphatic rings. The van der Waals surface area contributed by atoms with Crippen LogP contribution in [0.5, 0.6) is 5.75 Å². The van der Waals surface area contributed by atoms with E-state index in [-0.39, 0.29) is 0 Å². The summed E-state index contributed by atoms with van der Waals surface area (Å²) in [6.45, 7) is 1.85. The van der Waals surface area contributed by atoms with Crippen molar-refractivity contribution in [2.45, 2.75) is 17.6 Å². The molecule has 1 aromatic heterocycles. The van der Waals surface area contributed by atoms with E-state index >= 15 is 0 Å². The predicted octanol–water partition coefficient (Wildman–Crippen LogP) is 2.28. The number of halogens is 1. The van der Waals surface area contributed by atoms with Crippen molar-refractivity contribution in [1.29, 1.82) is 0 Å². The van der Waals surface area contributed by atoms with Gasteiger partial charge in [-0.05, 0) is 19.1 Å². The van der Waals surface area contributed by atoms with Crippen LogP contribution in [-0.2, 0) is 23.6 Å². The van der Waals surface area contributed by atoms with Crippen molar-refractivity contribution in [3.05, 3.63) is 34.6 Å². The molecule has 0 radical (unpaired) electrons. The van der Waals surface area contributed by atoms with E-state index in [1.165, 1.54) is 7.11 Å². The molecule has 0 amide bonds. The molecule has 0 aliphatic heterocycles. The summed E-state index contributed by atoms with van der Waals surface area (Å²) >= 11 is 6.16. The van der Waals surface area contributed by atoms with Gasteiger partial charge in [0.25, 0.3) is 0 Å². The first-order valence-corrected chi connectivity index (χ1v) is 7.63. The molecule has 20 heavy (non-hydrogen) atoms. The summed E-state index contributed by atoms with van der Waals surface area (Å²) in [5.41, 5.74) is 7.82. The highest BCUT2D eigenvalue weighted by molar-refractivity contribution is 7.84. The standard InChI is InChI=1S/C13H16ClN3O2S/c1-8-10(13(14)17(2)16-8)7-20(18)12-5-4-9(15)6-11(12)19-3/h4-6H,7,15H2,1-3H3. The Bertz CT molecular complexity index is 670. The van der Waals surface area contributed by atoms with Gasteiger partial charge in [-0.15, -0.1) is 0 Å². The maximum absolute atomic E-state index is 12.5. The highest BCUT2D eigenvalue weighted by atomic mass is 35.5. The van der Waals surface area contributed by atoms with Crippen molar-refractivity contribution in [2.24, 2.45) is 7.05 Å². The second-order valence-corrected chi connectivity index (χ2v) is 6.16. The number of anilines is 1. The number of aromatic nitrogens is 2. The molecule has 0 bridgehead atoms. The van der Waals surface area contributed by atoms with Gasteiger partial charge in [0, 0.05) is 24.4 Å². The van der Waals surface area contributed by atoms with Gasteiger partial charge in [0.15, 0.2) is 0 Å². The van der Waals surface area contributed by atoms with Crippen molar-refractivity contribution in [2.75, 3.05) is 12.8 Å². The van der Waals surface area contributed by atoms with Crippen molar-refractivity contribution >= 4 is 28.1 Å². The number of hydrogen-bond acceptors (Lipinski definition) is 4. The summed E-state index contributed by atoms with van der Waals surface area (Å²) in [6.07, 6.45) is 0. The number of nitrogen functional groups attached to an aromatic ring is 1. The summed E-state index contributed by atoms with van der Waals surface area (Å²) in [5, 5.41) is 4.72. The third-order valence-corrected chi connectivity index (χ3v) is 4.83. The molecule has 2 aromatic rings. The van der Waals surface area contributed by atoms with Gasteiger partial charge in [0.2, 0.25) is 0 Å². The van der Waals surface area contributed by atoms with Crippen molar-refractivity contribution in [3.8, 4) is 5.75 Å². The molecular formula is C13H16ClN3O2S. The zero-order valence-corrected chi connectivity index (χ0v) is 13.1. The number of rotatable bonds is 4. The summed E-state index contributed by atoms with van der Waals surface area (Å²) in [5.74, 6) is 0.805. The third-order valence-electron chi connectivity index (χ3n) is 2.98. The molecule has 1 aromatic carbocycles. The largest absolute Gasteiger partial charge is 0.495 e. The van der Waals surface area contributed by atoms with Gasteiger partial charge in [-0.3, -0.25) is 8.89 Å². The van der Waals surface area contributed by atoms with E-state index in [9.17, 15) is 4.21 Å². The van der Waals surface area contributed by atoms with Crippen LogP contribution in [0.3, 0.4) is 0 Å². The monoisotopic (exact) mass is 313 g/mol. The lowest BCUT2D eigenvalue weighted by molar-refractivity contribution is 0.404. The van der Waals surface area contributed by atoms with Gasteiger partial charge in [-0.2, -0.15) is 5.10 Å². The molecule has 0 fully saturated rings. The Morgan fingerprint density at radius 2 is 2.20 bits per heavy atom. The Balaban J connectivity index is 2.33. The van der Waals surface area contributed by atoms with Crippen LogP contribution in [0.4, 0.5) is 5.69 Å². The number of ether oxygens (including phenoxy) is 1. The van der Waals surface area contributed by atoms with E-state index in [0.717, 1.165) is 11.3 Å². The minimum atomic E-state index is -1.28. The topological polar surface area (TPSA) is 70.1 Å². The molecule has 0 spiro atoms. The average Bonchev–Trinajstić information content (AvgIpc) is 2.65. The van der Waals surface area contributed by atoms with Crippen molar-refractivity contribution in [3.63, 3.8) is 0 Å². The van der Waals surface area contributed by atoms with Gasteiger partial charge < -0.3 is 10.5 Å². The molecule has 5 nitrogen and oxygen atoms in total. The lowest BCUT2D eigenvalue weighted by atomic mass is 10.3. The summed E-state index contributed by atoms with van der Waals surface area (Å²) in [6, 6.07) is 5.07. The Hall–Kier alpha value is -1.53.